The molecule has 0 saturated carbocycles. The van der Waals surface area contributed by atoms with Crippen molar-refractivity contribution in [2.24, 2.45) is 0 Å². The van der Waals surface area contributed by atoms with E-state index in [9.17, 15) is 4.79 Å². The summed E-state index contributed by atoms with van der Waals surface area (Å²) in [6.45, 7) is 0.509. The fraction of sp³-hybridized carbons (Fsp3) is 0.0500. The predicted octanol–water partition coefficient (Wildman–Crippen LogP) is 4.75. The Morgan fingerprint density at radius 3 is 2.18 bits per heavy atom. The summed E-state index contributed by atoms with van der Waals surface area (Å²) in [5.41, 5.74) is 3.68. The Labute approximate surface area is 130 Å². The van der Waals surface area contributed by atoms with Crippen molar-refractivity contribution in [2.75, 3.05) is 0 Å². The first-order valence-corrected chi connectivity index (χ1v) is 7.18. The molecule has 3 aromatic rings. The molecule has 2 nitrogen and oxygen atoms in total. The average molecular weight is 288 g/mol. The second-order valence-corrected chi connectivity index (χ2v) is 5.01. The monoisotopic (exact) mass is 288 g/mol. The van der Waals surface area contributed by atoms with Crippen LogP contribution < -0.4 is 4.74 Å². The molecule has 0 atom stereocenters. The molecular formula is C20H16O2. The quantitative estimate of drug-likeness (QED) is 0.634. The molecule has 0 saturated heterocycles. The molecule has 0 heterocycles. The minimum absolute atomic E-state index is 0.509. The summed E-state index contributed by atoms with van der Waals surface area (Å²) in [5, 5.41) is 0. The van der Waals surface area contributed by atoms with Gasteiger partial charge in [0, 0.05) is 5.56 Å². The van der Waals surface area contributed by atoms with Gasteiger partial charge in [-0.1, -0.05) is 60.7 Å². The van der Waals surface area contributed by atoms with E-state index >= 15 is 0 Å². The van der Waals surface area contributed by atoms with E-state index in [0.717, 1.165) is 28.7 Å². The number of carbonyl (C=O) groups is 1. The first-order chi connectivity index (χ1) is 10.9. The van der Waals surface area contributed by atoms with E-state index in [2.05, 4.69) is 0 Å². The summed E-state index contributed by atoms with van der Waals surface area (Å²) in [4.78, 5) is 11.3. The van der Waals surface area contributed by atoms with Crippen molar-refractivity contribution in [3.05, 3.63) is 90.0 Å². The highest BCUT2D eigenvalue weighted by molar-refractivity contribution is 5.88. The van der Waals surface area contributed by atoms with E-state index < -0.39 is 0 Å². The van der Waals surface area contributed by atoms with Crippen LogP contribution in [0.1, 0.15) is 15.9 Å². The molecule has 0 unspecified atom stereocenters. The van der Waals surface area contributed by atoms with Crippen molar-refractivity contribution in [3.63, 3.8) is 0 Å². The summed E-state index contributed by atoms with van der Waals surface area (Å²) in [7, 11) is 0. The molecule has 0 aliphatic carbocycles. The van der Waals surface area contributed by atoms with Crippen molar-refractivity contribution in [1.29, 1.82) is 0 Å². The number of hydrogen-bond acceptors (Lipinski definition) is 2. The summed E-state index contributed by atoms with van der Waals surface area (Å²) < 4.78 is 5.84. The number of carbonyl (C=O) groups excluding carboxylic acids is 1. The van der Waals surface area contributed by atoms with Crippen molar-refractivity contribution >= 4 is 6.29 Å². The zero-order chi connectivity index (χ0) is 15.2. The highest BCUT2D eigenvalue weighted by Gasteiger charge is 2.06. The molecule has 0 amide bonds. The molecule has 0 fully saturated rings. The number of ether oxygens (including phenoxy) is 1. The van der Waals surface area contributed by atoms with Crippen LogP contribution >= 0.6 is 0 Å². The molecule has 108 valence electrons. The van der Waals surface area contributed by atoms with E-state index in [4.69, 9.17) is 4.74 Å². The van der Waals surface area contributed by atoms with Crippen LogP contribution in [0.4, 0.5) is 0 Å². The van der Waals surface area contributed by atoms with Gasteiger partial charge in [-0.2, -0.15) is 0 Å². The van der Waals surface area contributed by atoms with Crippen LogP contribution in [-0.2, 0) is 6.61 Å². The maximum Gasteiger partial charge on any atom is 0.150 e. The normalized spacial score (nSPS) is 10.2. The van der Waals surface area contributed by atoms with Crippen molar-refractivity contribution < 1.29 is 9.53 Å². The van der Waals surface area contributed by atoms with Crippen molar-refractivity contribution in [1.82, 2.24) is 0 Å². The molecule has 2 heteroatoms. The number of benzene rings is 3. The topological polar surface area (TPSA) is 26.3 Å². The largest absolute Gasteiger partial charge is 0.489 e. The first-order valence-electron chi connectivity index (χ1n) is 7.18. The SMILES string of the molecule is O=Cc1ccc(OCc2ccccc2)cc1-c1ccccc1. The van der Waals surface area contributed by atoms with E-state index in [1.807, 2.05) is 72.8 Å². The molecular weight excluding hydrogens is 272 g/mol. The van der Waals surface area contributed by atoms with Gasteiger partial charge in [0.1, 0.15) is 12.4 Å². The predicted molar refractivity (Wildman–Crippen MR) is 88.0 cm³/mol. The molecule has 3 aromatic carbocycles. The Hall–Kier alpha value is -2.87. The van der Waals surface area contributed by atoms with Gasteiger partial charge in [-0.25, -0.2) is 0 Å². The van der Waals surface area contributed by atoms with Crippen LogP contribution in [0.5, 0.6) is 5.75 Å². The Morgan fingerprint density at radius 1 is 0.818 bits per heavy atom. The molecule has 0 radical (unpaired) electrons. The molecule has 0 aromatic heterocycles. The van der Waals surface area contributed by atoms with Gasteiger partial charge in [0.05, 0.1) is 0 Å². The van der Waals surface area contributed by atoms with Gasteiger partial charge in [0.25, 0.3) is 0 Å². The second-order valence-electron chi connectivity index (χ2n) is 5.01. The standard InChI is InChI=1S/C20H16O2/c21-14-18-11-12-19(22-15-16-7-3-1-4-8-16)13-20(18)17-9-5-2-6-10-17/h1-14H,15H2. The molecule has 0 spiro atoms. The van der Waals surface area contributed by atoms with Crippen LogP contribution in [0.2, 0.25) is 0 Å². The molecule has 0 aliphatic rings. The van der Waals surface area contributed by atoms with E-state index in [-0.39, 0.29) is 0 Å². The average Bonchev–Trinajstić information content (AvgIpc) is 2.61. The third-order valence-electron chi connectivity index (χ3n) is 3.48. The fourth-order valence-corrected chi connectivity index (χ4v) is 2.34. The lowest BCUT2D eigenvalue weighted by molar-refractivity contribution is 0.112. The van der Waals surface area contributed by atoms with Gasteiger partial charge in [-0.15, -0.1) is 0 Å². The Balaban J connectivity index is 1.86. The van der Waals surface area contributed by atoms with Crippen LogP contribution in [0.3, 0.4) is 0 Å². The molecule has 22 heavy (non-hydrogen) atoms. The van der Waals surface area contributed by atoms with Gasteiger partial charge in [-0.3, -0.25) is 4.79 Å². The lowest BCUT2D eigenvalue weighted by atomic mass is 10.0. The summed E-state index contributed by atoms with van der Waals surface area (Å²) >= 11 is 0. The highest BCUT2D eigenvalue weighted by Crippen LogP contribution is 2.27. The lowest BCUT2D eigenvalue weighted by Crippen LogP contribution is -1.96. The maximum atomic E-state index is 11.3. The van der Waals surface area contributed by atoms with Crippen LogP contribution in [0, 0.1) is 0 Å². The number of rotatable bonds is 5. The lowest BCUT2D eigenvalue weighted by Gasteiger charge is -2.10. The zero-order valence-electron chi connectivity index (χ0n) is 12.1. The second kappa shape index (κ2) is 6.72. The Morgan fingerprint density at radius 2 is 1.50 bits per heavy atom. The van der Waals surface area contributed by atoms with Gasteiger partial charge >= 0.3 is 0 Å². The number of aldehydes is 1. The van der Waals surface area contributed by atoms with Gasteiger partial charge in [0.15, 0.2) is 6.29 Å². The molecule has 0 N–H and O–H groups in total. The molecule has 0 aliphatic heterocycles. The van der Waals surface area contributed by atoms with Gasteiger partial charge < -0.3 is 4.74 Å². The Kier molecular flexibility index (Phi) is 4.30. The molecule has 3 rings (SSSR count). The van der Waals surface area contributed by atoms with E-state index in [1.165, 1.54) is 0 Å². The van der Waals surface area contributed by atoms with E-state index in [1.54, 1.807) is 6.07 Å². The van der Waals surface area contributed by atoms with Gasteiger partial charge in [0.2, 0.25) is 0 Å². The minimum Gasteiger partial charge on any atom is -0.489 e. The first kappa shape index (κ1) is 14.1. The van der Waals surface area contributed by atoms with Crippen LogP contribution in [0.15, 0.2) is 78.9 Å². The maximum absolute atomic E-state index is 11.3. The Bertz CT molecular complexity index is 749. The van der Waals surface area contributed by atoms with Crippen LogP contribution in [0.25, 0.3) is 11.1 Å². The fourth-order valence-electron chi connectivity index (χ4n) is 2.34. The van der Waals surface area contributed by atoms with Crippen molar-refractivity contribution in [3.8, 4) is 16.9 Å². The summed E-state index contributed by atoms with van der Waals surface area (Å²) in [6.07, 6.45) is 0.878. The van der Waals surface area contributed by atoms with Crippen molar-refractivity contribution in [2.45, 2.75) is 6.61 Å². The summed E-state index contributed by atoms with van der Waals surface area (Å²) in [6, 6.07) is 25.4. The third kappa shape index (κ3) is 3.23. The zero-order valence-corrected chi connectivity index (χ0v) is 12.1. The minimum atomic E-state index is 0.509. The van der Waals surface area contributed by atoms with E-state index in [0.29, 0.717) is 12.2 Å². The smallest absolute Gasteiger partial charge is 0.150 e. The van der Waals surface area contributed by atoms with Crippen LogP contribution in [-0.4, -0.2) is 6.29 Å². The summed E-state index contributed by atoms with van der Waals surface area (Å²) in [5.74, 6) is 0.758. The highest BCUT2D eigenvalue weighted by atomic mass is 16.5. The van der Waals surface area contributed by atoms with Gasteiger partial charge in [-0.05, 0) is 34.9 Å². The number of hydrogen-bond donors (Lipinski definition) is 0. The third-order valence-corrected chi connectivity index (χ3v) is 3.48. The molecule has 0 bridgehead atoms.